The molecule has 2 aromatic heterocycles. The number of hydrogen-bond acceptors (Lipinski definition) is 6. The Hall–Kier alpha value is -2.75. The van der Waals surface area contributed by atoms with Crippen molar-refractivity contribution in [2.24, 2.45) is 0 Å². The number of carbonyl (C=O) groups excluding carboxylic acids is 1. The molecule has 0 unspecified atom stereocenters. The van der Waals surface area contributed by atoms with Crippen molar-refractivity contribution in [3.8, 4) is 22.4 Å². The van der Waals surface area contributed by atoms with Crippen LogP contribution >= 0.6 is 22.7 Å². The molecule has 0 spiro atoms. The largest absolute Gasteiger partial charge is 0.426 e. The van der Waals surface area contributed by atoms with E-state index in [0.717, 1.165) is 10.6 Å². The molecule has 0 N–H and O–H groups in total. The molecule has 0 fully saturated rings. The van der Waals surface area contributed by atoms with Crippen molar-refractivity contribution in [2.45, 2.75) is 6.92 Å². The van der Waals surface area contributed by atoms with E-state index in [1.54, 1.807) is 35.6 Å². The fourth-order valence-corrected chi connectivity index (χ4v) is 3.63. The van der Waals surface area contributed by atoms with Gasteiger partial charge >= 0.3 is 5.97 Å². The van der Waals surface area contributed by atoms with Crippen LogP contribution in [0.3, 0.4) is 0 Å². The van der Waals surface area contributed by atoms with Gasteiger partial charge in [-0.15, -0.1) is 22.7 Å². The molecule has 6 heteroatoms. The number of nitriles is 1. The van der Waals surface area contributed by atoms with E-state index in [4.69, 9.17) is 4.74 Å². The van der Waals surface area contributed by atoms with Crippen molar-refractivity contribution < 1.29 is 9.53 Å². The number of thiophene rings is 1. The van der Waals surface area contributed by atoms with Crippen LogP contribution in [-0.2, 0) is 4.79 Å². The molecule has 0 atom stereocenters. The molecule has 1 aromatic carbocycles. The minimum absolute atomic E-state index is 0.399. The summed E-state index contributed by atoms with van der Waals surface area (Å²) in [6.07, 6.45) is 1.69. The number of thiazole rings is 1. The number of benzene rings is 1. The first-order valence-electron chi connectivity index (χ1n) is 7.06. The molecule has 0 amide bonds. The van der Waals surface area contributed by atoms with Gasteiger partial charge in [0.15, 0.2) is 0 Å². The smallest absolute Gasteiger partial charge is 0.308 e. The van der Waals surface area contributed by atoms with Crippen LogP contribution in [0.4, 0.5) is 0 Å². The third-order valence-electron chi connectivity index (χ3n) is 3.10. The van der Waals surface area contributed by atoms with E-state index in [1.165, 1.54) is 18.3 Å². The zero-order chi connectivity index (χ0) is 16.9. The second kappa shape index (κ2) is 7.21. The standard InChI is InChI=1S/C18H12N2O2S2/c1-12(21)22-16-6-3-2-5-13(16)9-14(10-19)18-20-15(11-24-18)17-7-4-8-23-17/h2-9,11H,1H3. The van der Waals surface area contributed by atoms with Crippen LogP contribution in [0.25, 0.3) is 22.2 Å². The van der Waals surface area contributed by atoms with Crippen molar-refractivity contribution in [1.29, 1.82) is 5.26 Å². The first kappa shape index (κ1) is 16.1. The number of rotatable bonds is 4. The second-order valence-electron chi connectivity index (χ2n) is 4.82. The van der Waals surface area contributed by atoms with Gasteiger partial charge in [0.1, 0.15) is 16.8 Å². The van der Waals surface area contributed by atoms with Gasteiger partial charge in [0.2, 0.25) is 0 Å². The number of allylic oxidation sites excluding steroid dienone is 1. The fourth-order valence-electron chi connectivity index (χ4n) is 2.08. The first-order chi connectivity index (χ1) is 11.7. The highest BCUT2D eigenvalue weighted by Gasteiger charge is 2.11. The summed E-state index contributed by atoms with van der Waals surface area (Å²) in [4.78, 5) is 16.8. The zero-order valence-electron chi connectivity index (χ0n) is 12.7. The van der Waals surface area contributed by atoms with Crippen LogP contribution in [0, 0.1) is 11.3 Å². The molecule has 0 aliphatic heterocycles. The Morgan fingerprint density at radius 1 is 1.25 bits per heavy atom. The summed E-state index contributed by atoms with van der Waals surface area (Å²) < 4.78 is 5.18. The van der Waals surface area contributed by atoms with Crippen molar-refractivity contribution in [1.82, 2.24) is 4.98 Å². The summed E-state index contributed by atoms with van der Waals surface area (Å²) >= 11 is 3.02. The molecule has 0 aliphatic rings. The van der Waals surface area contributed by atoms with E-state index < -0.39 is 5.97 Å². The van der Waals surface area contributed by atoms with Gasteiger partial charge < -0.3 is 4.74 Å². The molecule has 3 aromatic rings. The van der Waals surface area contributed by atoms with Gasteiger partial charge in [-0.2, -0.15) is 5.26 Å². The lowest BCUT2D eigenvalue weighted by molar-refractivity contribution is -0.131. The van der Waals surface area contributed by atoms with E-state index in [-0.39, 0.29) is 0 Å². The van der Waals surface area contributed by atoms with E-state index in [0.29, 0.717) is 21.9 Å². The van der Waals surface area contributed by atoms with Gasteiger partial charge in [-0.3, -0.25) is 4.79 Å². The average Bonchev–Trinajstić information content (AvgIpc) is 3.24. The molecule has 0 saturated heterocycles. The zero-order valence-corrected chi connectivity index (χ0v) is 14.4. The Labute approximate surface area is 147 Å². The van der Waals surface area contributed by atoms with Gasteiger partial charge in [0, 0.05) is 17.9 Å². The van der Waals surface area contributed by atoms with E-state index in [9.17, 15) is 10.1 Å². The predicted octanol–water partition coefficient (Wildman–Crippen LogP) is 4.86. The van der Waals surface area contributed by atoms with Crippen LogP contribution in [-0.4, -0.2) is 11.0 Å². The number of nitrogens with zero attached hydrogens (tertiary/aromatic N) is 2. The van der Waals surface area contributed by atoms with Gasteiger partial charge in [0.25, 0.3) is 0 Å². The maximum atomic E-state index is 11.2. The summed E-state index contributed by atoms with van der Waals surface area (Å²) in [5.74, 6) is 0.0244. The van der Waals surface area contributed by atoms with Crippen molar-refractivity contribution >= 4 is 40.3 Å². The Bertz CT molecular complexity index is 934. The number of hydrogen-bond donors (Lipinski definition) is 0. The molecule has 0 radical (unpaired) electrons. The highest BCUT2D eigenvalue weighted by atomic mass is 32.1. The van der Waals surface area contributed by atoms with Gasteiger partial charge in [-0.05, 0) is 23.6 Å². The number of esters is 1. The SMILES string of the molecule is CC(=O)Oc1ccccc1C=C(C#N)c1nc(-c2cccs2)cs1. The molecular formula is C18H12N2O2S2. The molecule has 0 aliphatic carbocycles. The maximum absolute atomic E-state index is 11.2. The Balaban J connectivity index is 1.97. The predicted molar refractivity (Wildman–Crippen MR) is 96.7 cm³/mol. The Kier molecular flexibility index (Phi) is 4.85. The molecule has 0 saturated carbocycles. The van der Waals surface area contributed by atoms with Crippen molar-refractivity contribution in [2.75, 3.05) is 0 Å². The van der Waals surface area contributed by atoms with Crippen molar-refractivity contribution in [3.63, 3.8) is 0 Å². The number of aromatic nitrogens is 1. The average molecular weight is 352 g/mol. The monoisotopic (exact) mass is 352 g/mol. The first-order valence-corrected chi connectivity index (χ1v) is 8.82. The molecular weight excluding hydrogens is 340 g/mol. The van der Waals surface area contributed by atoms with Crippen molar-refractivity contribution in [3.05, 3.63) is 57.7 Å². The van der Waals surface area contributed by atoms with Gasteiger partial charge in [-0.25, -0.2) is 4.98 Å². The fraction of sp³-hybridized carbons (Fsp3) is 0.0556. The second-order valence-corrected chi connectivity index (χ2v) is 6.62. The minimum Gasteiger partial charge on any atom is -0.426 e. The van der Waals surface area contributed by atoms with Crippen LogP contribution in [0.1, 0.15) is 17.5 Å². The van der Waals surface area contributed by atoms with Gasteiger partial charge in [0.05, 0.1) is 16.1 Å². The number of ether oxygens (including phenoxy) is 1. The summed E-state index contributed by atoms with van der Waals surface area (Å²) in [6.45, 7) is 1.35. The Morgan fingerprint density at radius 2 is 2.08 bits per heavy atom. The van der Waals surface area contributed by atoms with Gasteiger partial charge in [-0.1, -0.05) is 24.3 Å². The van der Waals surface area contributed by atoms with Crippen LogP contribution in [0.15, 0.2) is 47.2 Å². The summed E-state index contributed by atoms with van der Waals surface area (Å²) in [5, 5.41) is 14.1. The summed E-state index contributed by atoms with van der Waals surface area (Å²) in [5.41, 5.74) is 1.96. The topological polar surface area (TPSA) is 63.0 Å². The lowest BCUT2D eigenvalue weighted by Gasteiger charge is -2.05. The van der Waals surface area contributed by atoms with Crippen LogP contribution in [0.2, 0.25) is 0 Å². The summed E-state index contributed by atoms with van der Waals surface area (Å²) in [6, 6.07) is 13.2. The van der Waals surface area contributed by atoms with E-state index >= 15 is 0 Å². The molecule has 2 heterocycles. The minimum atomic E-state index is -0.399. The normalized spacial score (nSPS) is 11.1. The maximum Gasteiger partial charge on any atom is 0.308 e. The Morgan fingerprint density at radius 3 is 2.79 bits per heavy atom. The number of carbonyl (C=O) groups is 1. The molecule has 0 bridgehead atoms. The highest BCUT2D eigenvalue weighted by Crippen LogP contribution is 2.31. The van der Waals surface area contributed by atoms with Crippen LogP contribution in [0.5, 0.6) is 5.75 Å². The third-order valence-corrected chi connectivity index (χ3v) is 4.87. The van der Waals surface area contributed by atoms with Crippen LogP contribution < -0.4 is 4.74 Å². The number of para-hydroxylation sites is 1. The highest BCUT2D eigenvalue weighted by molar-refractivity contribution is 7.14. The quantitative estimate of drug-likeness (QED) is 0.382. The molecule has 3 rings (SSSR count). The lowest BCUT2D eigenvalue weighted by Crippen LogP contribution is -2.02. The summed E-state index contributed by atoms with van der Waals surface area (Å²) in [7, 11) is 0. The molecule has 4 nitrogen and oxygen atoms in total. The lowest BCUT2D eigenvalue weighted by atomic mass is 10.1. The van der Waals surface area contributed by atoms with E-state index in [2.05, 4.69) is 11.1 Å². The van der Waals surface area contributed by atoms with E-state index in [1.807, 2.05) is 29.0 Å². The molecule has 24 heavy (non-hydrogen) atoms. The third kappa shape index (κ3) is 3.59. The molecule has 118 valence electrons.